The van der Waals surface area contributed by atoms with Crippen molar-refractivity contribution in [1.82, 2.24) is 0 Å². The van der Waals surface area contributed by atoms with Crippen LogP contribution in [-0.2, 0) is 14.3 Å². The number of nitrogens with one attached hydrogen (secondary N) is 1. The van der Waals surface area contributed by atoms with E-state index in [2.05, 4.69) is 5.32 Å². The summed E-state index contributed by atoms with van der Waals surface area (Å²) in [4.78, 5) is 33.3. The third-order valence-corrected chi connectivity index (χ3v) is 3.23. The number of nitro benzene ring substituents is 1. The number of nitrogens with zero attached hydrogens (tertiary/aromatic N) is 1. The van der Waals surface area contributed by atoms with Crippen LogP contribution in [0, 0.1) is 22.9 Å². The number of amides is 1. The van der Waals surface area contributed by atoms with Crippen LogP contribution in [0.5, 0.6) is 0 Å². The quantitative estimate of drug-likeness (QED) is 0.370. The maximum Gasteiger partial charge on any atom is 0.331 e. The lowest BCUT2D eigenvalue weighted by atomic mass is 10.1. The average molecular weight is 358 g/mol. The summed E-state index contributed by atoms with van der Waals surface area (Å²) >= 11 is 0. The molecule has 0 saturated carbocycles. The normalized spacial score (nSPS) is 10.5. The fraction of sp³-hybridized carbons (Fsp3) is 0.111. The van der Waals surface area contributed by atoms with E-state index in [-0.39, 0.29) is 11.4 Å². The van der Waals surface area contributed by atoms with Gasteiger partial charge in [-0.3, -0.25) is 14.9 Å². The van der Waals surface area contributed by atoms with Crippen LogP contribution in [0.1, 0.15) is 11.1 Å². The zero-order valence-electron chi connectivity index (χ0n) is 13.8. The standard InChI is InChI=1S/C18H15FN2O5/c1-12-3-2-4-13(9-12)5-8-18(23)26-11-17(22)20-16-10-14(21(24)25)6-7-15(16)19/h2-10H,11H2,1H3,(H,20,22)/b8-5+. The van der Waals surface area contributed by atoms with E-state index in [1.54, 1.807) is 6.07 Å². The number of hydrogen-bond acceptors (Lipinski definition) is 5. The van der Waals surface area contributed by atoms with Crippen LogP contribution < -0.4 is 5.32 Å². The molecule has 2 aromatic carbocycles. The van der Waals surface area contributed by atoms with Crippen LogP contribution in [-0.4, -0.2) is 23.4 Å². The Balaban J connectivity index is 1.89. The molecule has 8 heteroatoms. The Kier molecular flexibility index (Phi) is 6.15. The molecule has 0 atom stereocenters. The smallest absolute Gasteiger partial charge is 0.331 e. The van der Waals surface area contributed by atoms with Crippen molar-refractivity contribution < 1.29 is 23.6 Å². The molecule has 1 N–H and O–H groups in total. The highest BCUT2D eigenvalue weighted by Gasteiger charge is 2.13. The summed E-state index contributed by atoms with van der Waals surface area (Å²) in [5.74, 6) is -2.41. The predicted octanol–water partition coefficient (Wildman–Crippen LogP) is 3.24. The molecule has 0 unspecified atom stereocenters. The first kappa shape index (κ1) is 18.8. The van der Waals surface area contributed by atoms with Gasteiger partial charge in [0, 0.05) is 18.2 Å². The molecule has 0 bridgehead atoms. The van der Waals surface area contributed by atoms with Gasteiger partial charge in [-0.2, -0.15) is 0 Å². The molecule has 134 valence electrons. The second kappa shape index (κ2) is 8.52. The average Bonchev–Trinajstić information content (AvgIpc) is 2.60. The Morgan fingerprint density at radius 2 is 2.04 bits per heavy atom. The summed E-state index contributed by atoms with van der Waals surface area (Å²) in [5.41, 5.74) is 1.08. The second-order valence-electron chi connectivity index (χ2n) is 5.32. The number of hydrogen-bond donors (Lipinski definition) is 1. The number of carbonyl (C=O) groups is 2. The van der Waals surface area contributed by atoms with E-state index in [0.717, 1.165) is 35.4 Å². The molecule has 0 spiro atoms. The zero-order chi connectivity index (χ0) is 19.1. The zero-order valence-corrected chi connectivity index (χ0v) is 13.8. The van der Waals surface area contributed by atoms with Crippen molar-refractivity contribution in [2.75, 3.05) is 11.9 Å². The van der Waals surface area contributed by atoms with E-state index < -0.39 is 29.2 Å². The predicted molar refractivity (Wildman–Crippen MR) is 92.9 cm³/mol. The van der Waals surface area contributed by atoms with Crippen molar-refractivity contribution in [3.8, 4) is 0 Å². The lowest BCUT2D eigenvalue weighted by Gasteiger charge is -2.06. The first-order valence-corrected chi connectivity index (χ1v) is 7.50. The SMILES string of the molecule is Cc1cccc(/C=C/C(=O)OCC(=O)Nc2cc([N+](=O)[O-])ccc2F)c1. The maximum atomic E-state index is 13.6. The summed E-state index contributed by atoms with van der Waals surface area (Å²) < 4.78 is 18.3. The third kappa shape index (κ3) is 5.52. The molecule has 7 nitrogen and oxygen atoms in total. The molecule has 0 fully saturated rings. The summed E-state index contributed by atoms with van der Waals surface area (Å²) in [6.07, 6.45) is 2.70. The maximum absolute atomic E-state index is 13.6. The minimum Gasteiger partial charge on any atom is -0.452 e. The van der Waals surface area contributed by atoms with Gasteiger partial charge < -0.3 is 10.1 Å². The van der Waals surface area contributed by atoms with Gasteiger partial charge in [0.2, 0.25) is 0 Å². The highest BCUT2D eigenvalue weighted by molar-refractivity contribution is 5.94. The van der Waals surface area contributed by atoms with E-state index in [9.17, 15) is 24.1 Å². The minimum atomic E-state index is -0.838. The number of non-ortho nitro benzene ring substituents is 1. The van der Waals surface area contributed by atoms with Gasteiger partial charge in [-0.15, -0.1) is 0 Å². The van der Waals surface area contributed by atoms with Crippen molar-refractivity contribution in [2.45, 2.75) is 6.92 Å². The van der Waals surface area contributed by atoms with Crippen LogP contribution in [0.3, 0.4) is 0 Å². The van der Waals surface area contributed by atoms with Crippen LogP contribution in [0.15, 0.2) is 48.5 Å². The highest BCUT2D eigenvalue weighted by Crippen LogP contribution is 2.21. The number of halogens is 1. The summed E-state index contributed by atoms with van der Waals surface area (Å²) in [7, 11) is 0. The van der Waals surface area contributed by atoms with E-state index >= 15 is 0 Å². The number of esters is 1. The van der Waals surface area contributed by atoms with Crippen molar-refractivity contribution in [3.63, 3.8) is 0 Å². The van der Waals surface area contributed by atoms with Crippen LogP contribution in [0.4, 0.5) is 15.8 Å². The molecule has 0 heterocycles. The Labute approximate surface area is 148 Å². The second-order valence-corrected chi connectivity index (χ2v) is 5.32. The van der Waals surface area contributed by atoms with Gasteiger partial charge in [-0.05, 0) is 24.6 Å². The van der Waals surface area contributed by atoms with Crippen LogP contribution >= 0.6 is 0 Å². The fourth-order valence-corrected chi connectivity index (χ4v) is 2.03. The van der Waals surface area contributed by atoms with Crippen molar-refractivity contribution in [1.29, 1.82) is 0 Å². The summed E-state index contributed by atoms with van der Waals surface area (Å²) in [6, 6.07) is 10.1. The molecule has 0 radical (unpaired) electrons. The number of carbonyl (C=O) groups excluding carboxylic acids is 2. The largest absolute Gasteiger partial charge is 0.452 e. The number of rotatable bonds is 6. The van der Waals surface area contributed by atoms with E-state index in [4.69, 9.17) is 4.74 Å². The van der Waals surface area contributed by atoms with Gasteiger partial charge in [0.05, 0.1) is 10.6 Å². The van der Waals surface area contributed by atoms with Crippen LogP contribution in [0.25, 0.3) is 6.08 Å². The highest BCUT2D eigenvalue weighted by atomic mass is 19.1. The molecule has 1 amide bonds. The van der Waals surface area contributed by atoms with E-state index in [1.807, 2.05) is 25.1 Å². The number of nitro groups is 1. The van der Waals surface area contributed by atoms with Gasteiger partial charge in [0.1, 0.15) is 5.82 Å². The molecule has 0 aliphatic heterocycles. The molecule has 0 aliphatic rings. The molecule has 2 aromatic rings. The van der Waals surface area contributed by atoms with Gasteiger partial charge >= 0.3 is 5.97 Å². The molecule has 0 aromatic heterocycles. The Hall–Kier alpha value is -3.55. The molecule has 0 saturated heterocycles. The monoisotopic (exact) mass is 358 g/mol. The summed E-state index contributed by atoms with van der Waals surface area (Å²) in [5, 5.41) is 12.8. The minimum absolute atomic E-state index is 0.365. The van der Waals surface area contributed by atoms with Gasteiger partial charge in [0.15, 0.2) is 6.61 Å². The lowest BCUT2D eigenvalue weighted by molar-refractivity contribution is -0.384. The number of aryl methyl sites for hydroxylation is 1. The van der Waals surface area contributed by atoms with Crippen molar-refractivity contribution in [2.24, 2.45) is 0 Å². The van der Waals surface area contributed by atoms with Gasteiger partial charge in [-0.1, -0.05) is 29.8 Å². The lowest BCUT2D eigenvalue weighted by Crippen LogP contribution is -2.20. The first-order valence-electron chi connectivity index (χ1n) is 7.50. The Morgan fingerprint density at radius 1 is 1.27 bits per heavy atom. The van der Waals surface area contributed by atoms with Gasteiger partial charge in [-0.25, -0.2) is 9.18 Å². The molecule has 0 aliphatic carbocycles. The molecular formula is C18H15FN2O5. The van der Waals surface area contributed by atoms with E-state index in [1.165, 1.54) is 6.08 Å². The summed E-state index contributed by atoms with van der Waals surface area (Å²) in [6.45, 7) is 1.26. The van der Waals surface area contributed by atoms with Crippen LogP contribution in [0.2, 0.25) is 0 Å². The fourth-order valence-electron chi connectivity index (χ4n) is 2.03. The first-order chi connectivity index (χ1) is 12.3. The van der Waals surface area contributed by atoms with Crippen molar-refractivity contribution in [3.05, 3.63) is 75.6 Å². The number of anilines is 1. The number of benzene rings is 2. The topological polar surface area (TPSA) is 98.5 Å². The molecule has 2 rings (SSSR count). The molecular weight excluding hydrogens is 343 g/mol. The molecule has 26 heavy (non-hydrogen) atoms. The Morgan fingerprint density at radius 3 is 2.73 bits per heavy atom. The van der Waals surface area contributed by atoms with E-state index in [0.29, 0.717) is 0 Å². The van der Waals surface area contributed by atoms with Crippen molar-refractivity contribution >= 4 is 29.3 Å². The number of ether oxygens (including phenoxy) is 1. The third-order valence-electron chi connectivity index (χ3n) is 3.23. The Bertz CT molecular complexity index is 880. The van der Waals surface area contributed by atoms with Gasteiger partial charge in [0.25, 0.3) is 11.6 Å².